The van der Waals surface area contributed by atoms with Crippen LogP contribution in [0.1, 0.15) is 77.6 Å². The van der Waals surface area contributed by atoms with Gasteiger partial charge in [0.25, 0.3) is 0 Å². The summed E-state index contributed by atoms with van der Waals surface area (Å²) in [5.41, 5.74) is 0. The predicted octanol–water partition coefficient (Wildman–Crippen LogP) is 4.70. The Morgan fingerprint density at radius 3 is 2.20 bits per heavy atom. The highest BCUT2D eigenvalue weighted by atomic mass is 16.5. The Morgan fingerprint density at radius 1 is 0.867 bits per heavy atom. The zero-order chi connectivity index (χ0) is 10.8. The SMILES string of the molecule is CCCCCCCOC1CCCCCC1. The van der Waals surface area contributed by atoms with E-state index in [1.165, 1.54) is 70.6 Å². The summed E-state index contributed by atoms with van der Waals surface area (Å²) in [5, 5.41) is 0. The van der Waals surface area contributed by atoms with E-state index in [0.717, 1.165) is 6.61 Å². The Kier molecular flexibility index (Phi) is 7.99. The van der Waals surface area contributed by atoms with Gasteiger partial charge in [0.1, 0.15) is 0 Å². The van der Waals surface area contributed by atoms with Gasteiger partial charge >= 0.3 is 0 Å². The van der Waals surface area contributed by atoms with E-state index in [1.807, 2.05) is 0 Å². The molecule has 1 saturated carbocycles. The monoisotopic (exact) mass is 212 g/mol. The van der Waals surface area contributed by atoms with E-state index < -0.39 is 0 Å². The molecule has 1 aliphatic carbocycles. The molecule has 0 aromatic rings. The maximum absolute atomic E-state index is 5.94. The molecule has 1 fully saturated rings. The van der Waals surface area contributed by atoms with Crippen molar-refractivity contribution in [2.45, 2.75) is 83.7 Å². The lowest BCUT2D eigenvalue weighted by Gasteiger charge is -2.14. The van der Waals surface area contributed by atoms with Crippen LogP contribution < -0.4 is 0 Å². The van der Waals surface area contributed by atoms with Gasteiger partial charge in [0.2, 0.25) is 0 Å². The molecule has 0 heterocycles. The second kappa shape index (κ2) is 9.21. The van der Waals surface area contributed by atoms with Crippen molar-refractivity contribution in [3.05, 3.63) is 0 Å². The van der Waals surface area contributed by atoms with Crippen molar-refractivity contribution < 1.29 is 4.74 Å². The van der Waals surface area contributed by atoms with Crippen molar-refractivity contribution >= 4 is 0 Å². The maximum atomic E-state index is 5.94. The van der Waals surface area contributed by atoms with Gasteiger partial charge in [0.05, 0.1) is 6.10 Å². The molecule has 0 aromatic heterocycles. The van der Waals surface area contributed by atoms with E-state index in [0.29, 0.717) is 6.10 Å². The third-order valence-electron chi connectivity index (χ3n) is 3.40. The van der Waals surface area contributed by atoms with Crippen LogP contribution in [0, 0.1) is 0 Å². The lowest BCUT2D eigenvalue weighted by atomic mass is 10.1. The van der Waals surface area contributed by atoms with Gasteiger partial charge in [-0.2, -0.15) is 0 Å². The van der Waals surface area contributed by atoms with Crippen LogP contribution in [0.4, 0.5) is 0 Å². The van der Waals surface area contributed by atoms with E-state index >= 15 is 0 Å². The van der Waals surface area contributed by atoms with Gasteiger partial charge in [-0.3, -0.25) is 0 Å². The van der Waals surface area contributed by atoms with Crippen molar-refractivity contribution in [3.8, 4) is 0 Å². The Labute approximate surface area is 95.6 Å². The molecule has 0 aromatic carbocycles. The van der Waals surface area contributed by atoms with Crippen LogP contribution in [0.2, 0.25) is 0 Å². The molecule has 1 aliphatic rings. The highest BCUT2D eigenvalue weighted by Gasteiger charge is 2.11. The molecule has 0 saturated heterocycles. The number of unbranched alkanes of at least 4 members (excludes halogenated alkanes) is 4. The first-order valence-electron chi connectivity index (χ1n) is 7.05. The Bertz CT molecular complexity index is 125. The minimum Gasteiger partial charge on any atom is -0.378 e. The lowest BCUT2D eigenvalue weighted by molar-refractivity contribution is 0.0407. The molecule has 90 valence electrons. The van der Waals surface area contributed by atoms with Crippen molar-refractivity contribution in [2.75, 3.05) is 6.61 Å². The highest BCUT2D eigenvalue weighted by Crippen LogP contribution is 2.20. The van der Waals surface area contributed by atoms with Gasteiger partial charge < -0.3 is 4.74 Å². The Hall–Kier alpha value is -0.0400. The fourth-order valence-electron chi connectivity index (χ4n) is 2.36. The van der Waals surface area contributed by atoms with Crippen molar-refractivity contribution in [1.82, 2.24) is 0 Å². The zero-order valence-electron chi connectivity index (χ0n) is 10.5. The third-order valence-corrected chi connectivity index (χ3v) is 3.40. The lowest BCUT2D eigenvalue weighted by Crippen LogP contribution is -2.12. The Morgan fingerprint density at radius 2 is 1.53 bits per heavy atom. The van der Waals surface area contributed by atoms with Crippen LogP contribution in [0.5, 0.6) is 0 Å². The van der Waals surface area contributed by atoms with Crippen LogP contribution in [0.3, 0.4) is 0 Å². The minimum absolute atomic E-state index is 0.596. The average Bonchev–Trinajstić information content (AvgIpc) is 2.52. The number of rotatable bonds is 7. The standard InChI is InChI=1S/C14H28O/c1-2-3-4-7-10-13-15-14-11-8-5-6-9-12-14/h14H,2-13H2,1H3. The summed E-state index contributed by atoms with van der Waals surface area (Å²) in [6, 6.07) is 0. The van der Waals surface area contributed by atoms with Gasteiger partial charge in [-0.05, 0) is 19.3 Å². The fraction of sp³-hybridized carbons (Fsp3) is 1.00. The number of hydrogen-bond donors (Lipinski definition) is 0. The van der Waals surface area contributed by atoms with Crippen molar-refractivity contribution in [3.63, 3.8) is 0 Å². The second-order valence-electron chi connectivity index (χ2n) is 4.90. The normalized spacial score (nSPS) is 19.0. The number of ether oxygens (including phenoxy) is 1. The molecule has 0 N–H and O–H groups in total. The molecule has 0 atom stereocenters. The smallest absolute Gasteiger partial charge is 0.0575 e. The van der Waals surface area contributed by atoms with Crippen LogP contribution in [0.15, 0.2) is 0 Å². The van der Waals surface area contributed by atoms with Crippen LogP contribution in [0.25, 0.3) is 0 Å². The van der Waals surface area contributed by atoms with Crippen LogP contribution >= 0.6 is 0 Å². The topological polar surface area (TPSA) is 9.23 Å². The first kappa shape index (κ1) is 13.0. The van der Waals surface area contributed by atoms with E-state index in [9.17, 15) is 0 Å². The molecular weight excluding hydrogens is 184 g/mol. The second-order valence-corrected chi connectivity index (χ2v) is 4.90. The summed E-state index contributed by atoms with van der Waals surface area (Å²) in [6.07, 6.45) is 15.6. The zero-order valence-corrected chi connectivity index (χ0v) is 10.5. The van der Waals surface area contributed by atoms with Gasteiger partial charge in [-0.1, -0.05) is 58.3 Å². The molecule has 0 radical (unpaired) electrons. The molecule has 0 aliphatic heterocycles. The van der Waals surface area contributed by atoms with E-state index in [-0.39, 0.29) is 0 Å². The van der Waals surface area contributed by atoms with Crippen molar-refractivity contribution in [1.29, 1.82) is 0 Å². The maximum Gasteiger partial charge on any atom is 0.0575 e. The molecule has 0 unspecified atom stereocenters. The molecule has 0 spiro atoms. The summed E-state index contributed by atoms with van der Waals surface area (Å²) in [5.74, 6) is 0. The van der Waals surface area contributed by atoms with E-state index in [2.05, 4.69) is 6.92 Å². The summed E-state index contributed by atoms with van der Waals surface area (Å²) in [7, 11) is 0. The molecule has 1 rings (SSSR count). The molecular formula is C14H28O. The fourth-order valence-corrected chi connectivity index (χ4v) is 2.36. The minimum atomic E-state index is 0.596. The quantitative estimate of drug-likeness (QED) is 0.439. The van der Waals surface area contributed by atoms with Gasteiger partial charge in [0, 0.05) is 6.61 Å². The van der Waals surface area contributed by atoms with Gasteiger partial charge in [0.15, 0.2) is 0 Å². The highest BCUT2D eigenvalue weighted by molar-refractivity contribution is 4.63. The first-order valence-corrected chi connectivity index (χ1v) is 7.05. The largest absolute Gasteiger partial charge is 0.378 e. The first-order chi connectivity index (χ1) is 7.43. The van der Waals surface area contributed by atoms with Crippen molar-refractivity contribution in [2.24, 2.45) is 0 Å². The number of hydrogen-bond acceptors (Lipinski definition) is 1. The molecule has 15 heavy (non-hydrogen) atoms. The summed E-state index contributed by atoms with van der Waals surface area (Å²) in [6.45, 7) is 3.27. The summed E-state index contributed by atoms with van der Waals surface area (Å²) < 4.78 is 5.94. The summed E-state index contributed by atoms with van der Waals surface area (Å²) in [4.78, 5) is 0. The molecule has 0 bridgehead atoms. The van der Waals surface area contributed by atoms with Crippen LogP contribution in [-0.2, 0) is 4.74 Å². The predicted molar refractivity (Wildman–Crippen MR) is 66.2 cm³/mol. The summed E-state index contributed by atoms with van der Waals surface area (Å²) >= 11 is 0. The van der Waals surface area contributed by atoms with Gasteiger partial charge in [-0.15, -0.1) is 0 Å². The molecule has 1 heteroatoms. The van der Waals surface area contributed by atoms with E-state index in [4.69, 9.17) is 4.74 Å². The van der Waals surface area contributed by atoms with Gasteiger partial charge in [-0.25, -0.2) is 0 Å². The molecule has 1 nitrogen and oxygen atoms in total. The Balaban J connectivity index is 1.89. The molecule has 0 amide bonds. The van der Waals surface area contributed by atoms with E-state index in [1.54, 1.807) is 0 Å². The average molecular weight is 212 g/mol. The van der Waals surface area contributed by atoms with Crippen LogP contribution in [-0.4, -0.2) is 12.7 Å². The third kappa shape index (κ3) is 6.94.